The van der Waals surface area contributed by atoms with Gasteiger partial charge in [0.1, 0.15) is 0 Å². The number of sulfonamides is 1. The predicted octanol–water partition coefficient (Wildman–Crippen LogP) is -0.263. The zero-order valence-corrected chi connectivity index (χ0v) is 15.2. The van der Waals surface area contributed by atoms with Crippen molar-refractivity contribution in [2.75, 3.05) is 19.3 Å². The molecule has 2 fully saturated rings. The van der Waals surface area contributed by atoms with Gasteiger partial charge < -0.3 is 10.4 Å². The number of piperidine rings is 1. The van der Waals surface area contributed by atoms with Gasteiger partial charge in [-0.2, -0.15) is 0 Å². The van der Waals surface area contributed by atoms with Crippen LogP contribution in [-0.2, 0) is 16.6 Å². The summed E-state index contributed by atoms with van der Waals surface area (Å²) < 4.78 is 25.9. The van der Waals surface area contributed by atoms with Crippen LogP contribution < -0.4 is 5.32 Å². The molecular formula is C15H25N5O4S. The Balaban J connectivity index is 1.56. The van der Waals surface area contributed by atoms with E-state index in [-0.39, 0.29) is 37.3 Å². The highest BCUT2D eigenvalue weighted by Crippen LogP contribution is 2.25. The molecule has 1 aromatic rings. The van der Waals surface area contributed by atoms with Crippen LogP contribution in [0.4, 0.5) is 0 Å². The molecule has 2 aliphatic rings. The molecule has 0 atom stereocenters. The van der Waals surface area contributed by atoms with Gasteiger partial charge in [0.25, 0.3) is 5.91 Å². The van der Waals surface area contributed by atoms with Crippen molar-refractivity contribution < 1.29 is 18.3 Å². The molecule has 1 amide bonds. The Kier molecular flexibility index (Phi) is 5.12. The van der Waals surface area contributed by atoms with Crippen LogP contribution in [0.5, 0.6) is 0 Å². The molecule has 140 valence electrons. The average molecular weight is 371 g/mol. The van der Waals surface area contributed by atoms with E-state index in [9.17, 15) is 18.3 Å². The smallest absolute Gasteiger partial charge is 0.273 e. The maximum Gasteiger partial charge on any atom is 0.273 e. The van der Waals surface area contributed by atoms with Gasteiger partial charge in [0, 0.05) is 19.1 Å². The molecule has 1 saturated heterocycles. The minimum atomic E-state index is -3.23. The largest absolute Gasteiger partial charge is 0.388 e. The Morgan fingerprint density at radius 1 is 1.36 bits per heavy atom. The fourth-order valence-corrected chi connectivity index (χ4v) is 4.35. The monoisotopic (exact) mass is 371 g/mol. The van der Waals surface area contributed by atoms with Gasteiger partial charge in [-0.15, -0.1) is 5.10 Å². The van der Waals surface area contributed by atoms with Crippen molar-refractivity contribution >= 4 is 15.9 Å². The second kappa shape index (κ2) is 7.00. The van der Waals surface area contributed by atoms with E-state index in [1.807, 2.05) is 0 Å². The molecule has 3 rings (SSSR count). The summed E-state index contributed by atoms with van der Waals surface area (Å²) in [4.78, 5) is 12.2. The Morgan fingerprint density at radius 3 is 2.60 bits per heavy atom. The first kappa shape index (κ1) is 18.3. The number of aromatic nitrogens is 3. The summed E-state index contributed by atoms with van der Waals surface area (Å²) in [5.41, 5.74) is -0.808. The van der Waals surface area contributed by atoms with Crippen molar-refractivity contribution in [1.29, 1.82) is 0 Å². The van der Waals surface area contributed by atoms with Gasteiger partial charge in [0.2, 0.25) is 10.0 Å². The molecule has 10 heteroatoms. The number of carbonyl (C=O) groups excluding carboxylic acids is 1. The molecule has 9 nitrogen and oxygen atoms in total. The van der Waals surface area contributed by atoms with Crippen LogP contribution in [0.2, 0.25) is 0 Å². The van der Waals surface area contributed by atoms with Crippen LogP contribution in [0.15, 0.2) is 6.20 Å². The summed E-state index contributed by atoms with van der Waals surface area (Å²) in [7, 11) is -3.23. The Hall–Kier alpha value is -1.52. The quantitative estimate of drug-likeness (QED) is 0.736. The standard InChI is InChI=1S/C15H25N5O4S/c1-25(23,24)20-8-6-15(22,7-9-20)11-19-10-13(17-18-19)14(21)16-12-4-2-3-5-12/h10,12,22H,2-9,11H2,1H3,(H,16,21). The summed E-state index contributed by atoms with van der Waals surface area (Å²) in [5, 5.41) is 21.5. The number of aliphatic hydroxyl groups is 1. The summed E-state index contributed by atoms with van der Waals surface area (Å²) in [6.45, 7) is 0.742. The fourth-order valence-electron chi connectivity index (χ4n) is 3.50. The number of rotatable bonds is 5. The van der Waals surface area contributed by atoms with Crippen molar-refractivity contribution in [1.82, 2.24) is 24.6 Å². The highest BCUT2D eigenvalue weighted by molar-refractivity contribution is 7.88. The van der Waals surface area contributed by atoms with E-state index in [0.717, 1.165) is 25.7 Å². The third-order valence-electron chi connectivity index (χ3n) is 5.04. The van der Waals surface area contributed by atoms with E-state index in [1.54, 1.807) is 0 Å². The topological polar surface area (TPSA) is 117 Å². The highest BCUT2D eigenvalue weighted by Gasteiger charge is 2.36. The molecule has 1 aromatic heterocycles. The Labute approximate surface area is 147 Å². The first-order valence-electron chi connectivity index (χ1n) is 8.64. The minimum absolute atomic E-state index is 0.189. The number of hydrogen-bond donors (Lipinski definition) is 2. The molecular weight excluding hydrogens is 346 g/mol. The van der Waals surface area contributed by atoms with Crippen molar-refractivity contribution in [3.05, 3.63) is 11.9 Å². The van der Waals surface area contributed by atoms with Crippen LogP contribution in [0, 0.1) is 0 Å². The molecule has 1 aliphatic carbocycles. The molecule has 0 unspecified atom stereocenters. The van der Waals surface area contributed by atoms with Crippen molar-refractivity contribution in [2.45, 2.75) is 56.7 Å². The maximum absolute atomic E-state index is 12.2. The third-order valence-corrected chi connectivity index (χ3v) is 6.34. The van der Waals surface area contributed by atoms with E-state index in [0.29, 0.717) is 12.8 Å². The summed E-state index contributed by atoms with van der Waals surface area (Å²) >= 11 is 0. The summed E-state index contributed by atoms with van der Waals surface area (Å²) in [6, 6.07) is 0.210. The zero-order valence-electron chi connectivity index (χ0n) is 14.4. The van der Waals surface area contributed by atoms with Crippen molar-refractivity contribution in [3.8, 4) is 0 Å². The van der Waals surface area contributed by atoms with Crippen LogP contribution in [0.25, 0.3) is 0 Å². The lowest BCUT2D eigenvalue weighted by atomic mass is 9.92. The van der Waals surface area contributed by atoms with Crippen LogP contribution in [0.3, 0.4) is 0 Å². The SMILES string of the molecule is CS(=O)(=O)N1CCC(O)(Cn2cc(C(=O)NC3CCCC3)nn2)CC1. The van der Waals surface area contributed by atoms with Gasteiger partial charge in [0.15, 0.2) is 5.69 Å². The summed E-state index contributed by atoms with van der Waals surface area (Å²) in [6.07, 6.45) is 7.61. The molecule has 2 heterocycles. The van der Waals surface area contributed by atoms with Crippen LogP contribution in [0.1, 0.15) is 49.0 Å². The number of nitrogens with zero attached hydrogens (tertiary/aromatic N) is 4. The molecule has 0 spiro atoms. The van der Waals surface area contributed by atoms with E-state index in [1.165, 1.54) is 21.4 Å². The fraction of sp³-hybridized carbons (Fsp3) is 0.800. The van der Waals surface area contributed by atoms with Gasteiger partial charge in [-0.05, 0) is 25.7 Å². The lowest BCUT2D eigenvalue weighted by Crippen LogP contribution is -2.48. The predicted molar refractivity (Wildman–Crippen MR) is 90.3 cm³/mol. The molecule has 0 radical (unpaired) electrons. The second-order valence-electron chi connectivity index (χ2n) is 7.14. The molecule has 25 heavy (non-hydrogen) atoms. The number of amides is 1. The minimum Gasteiger partial charge on any atom is -0.388 e. The van der Waals surface area contributed by atoms with Gasteiger partial charge in [-0.25, -0.2) is 17.4 Å². The van der Waals surface area contributed by atoms with Gasteiger partial charge in [-0.1, -0.05) is 18.1 Å². The lowest BCUT2D eigenvalue weighted by molar-refractivity contribution is -0.0223. The first-order chi connectivity index (χ1) is 11.8. The van der Waals surface area contributed by atoms with Gasteiger partial charge >= 0.3 is 0 Å². The van der Waals surface area contributed by atoms with Crippen LogP contribution >= 0.6 is 0 Å². The summed E-state index contributed by atoms with van der Waals surface area (Å²) in [5.74, 6) is -0.239. The van der Waals surface area contributed by atoms with E-state index < -0.39 is 15.6 Å². The van der Waals surface area contributed by atoms with Crippen LogP contribution in [-0.4, -0.2) is 69.7 Å². The lowest BCUT2D eigenvalue weighted by Gasteiger charge is -2.36. The van der Waals surface area contributed by atoms with E-state index in [4.69, 9.17) is 0 Å². The second-order valence-corrected chi connectivity index (χ2v) is 9.13. The maximum atomic E-state index is 12.2. The Bertz CT molecular complexity index is 718. The number of carbonyl (C=O) groups is 1. The van der Waals surface area contributed by atoms with Gasteiger partial charge in [0.05, 0.1) is 24.6 Å². The molecule has 1 saturated carbocycles. The highest BCUT2D eigenvalue weighted by atomic mass is 32.2. The normalized spacial score (nSPS) is 22.2. The molecule has 1 aliphatic heterocycles. The van der Waals surface area contributed by atoms with Gasteiger partial charge in [-0.3, -0.25) is 4.79 Å². The zero-order chi connectivity index (χ0) is 18.1. The van der Waals surface area contributed by atoms with E-state index >= 15 is 0 Å². The van der Waals surface area contributed by atoms with Crippen molar-refractivity contribution in [2.24, 2.45) is 0 Å². The average Bonchev–Trinajstić information content (AvgIpc) is 3.18. The molecule has 0 aromatic carbocycles. The number of nitrogens with one attached hydrogen (secondary N) is 1. The molecule has 2 N–H and O–H groups in total. The Morgan fingerprint density at radius 2 is 2.00 bits per heavy atom. The third kappa shape index (κ3) is 4.56. The van der Waals surface area contributed by atoms with Crippen molar-refractivity contribution in [3.63, 3.8) is 0 Å². The first-order valence-corrected chi connectivity index (χ1v) is 10.5. The van der Waals surface area contributed by atoms with E-state index in [2.05, 4.69) is 15.6 Å². The number of hydrogen-bond acceptors (Lipinski definition) is 6. The molecule has 0 bridgehead atoms.